The molecule has 0 bridgehead atoms. The van der Waals surface area contributed by atoms with E-state index in [1.807, 2.05) is 19.9 Å². The van der Waals surface area contributed by atoms with Gasteiger partial charge in [-0.15, -0.1) is 11.3 Å². The molecule has 1 N–H and O–H groups in total. The summed E-state index contributed by atoms with van der Waals surface area (Å²) in [6, 6.07) is 5.52. The van der Waals surface area contributed by atoms with Crippen molar-refractivity contribution in [1.82, 2.24) is 19.9 Å². The lowest BCUT2D eigenvalue weighted by Crippen LogP contribution is -2.33. The average molecular weight is 382 g/mol. The zero-order valence-electron chi connectivity index (χ0n) is 15.2. The molecule has 0 radical (unpaired) electrons. The van der Waals surface area contributed by atoms with Gasteiger partial charge in [0.15, 0.2) is 0 Å². The third-order valence-electron chi connectivity index (χ3n) is 4.41. The normalized spacial score (nSPS) is 11.4. The number of furan rings is 1. The van der Waals surface area contributed by atoms with E-state index in [4.69, 9.17) is 4.42 Å². The van der Waals surface area contributed by atoms with Crippen molar-refractivity contribution in [2.24, 2.45) is 0 Å². The Labute approximate surface area is 158 Å². The first-order valence-corrected chi connectivity index (χ1v) is 9.32. The minimum absolute atomic E-state index is 0.0893. The van der Waals surface area contributed by atoms with Crippen molar-refractivity contribution in [2.75, 3.05) is 0 Å². The van der Waals surface area contributed by atoms with Crippen LogP contribution in [-0.2, 0) is 17.9 Å². The summed E-state index contributed by atoms with van der Waals surface area (Å²) in [5, 5.41) is 3.66. The number of hydrogen-bond acceptors (Lipinski definition) is 6. The molecule has 0 aromatic carbocycles. The highest BCUT2D eigenvalue weighted by Crippen LogP contribution is 2.32. The zero-order valence-corrected chi connectivity index (χ0v) is 16.0. The molecule has 0 aliphatic rings. The predicted octanol–water partition coefficient (Wildman–Crippen LogP) is 2.84. The van der Waals surface area contributed by atoms with Crippen LogP contribution in [-0.4, -0.2) is 20.4 Å². The molecule has 4 rings (SSSR count). The summed E-state index contributed by atoms with van der Waals surface area (Å²) in [5.41, 5.74) is 2.39. The maximum atomic E-state index is 13.0. The van der Waals surface area contributed by atoms with Gasteiger partial charge in [-0.2, -0.15) is 0 Å². The van der Waals surface area contributed by atoms with Gasteiger partial charge < -0.3 is 9.73 Å². The Morgan fingerprint density at radius 3 is 2.85 bits per heavy atom. The summed E-state index contributed by atoms with van der Waals surface area (Å²) in [5.74, 6) is 0.881. The molecule has 4 heterocycles. The Hall–Kier alpha value is -3.00. The van der Waals surface area contributed by atoms with Crippen molar-refractivity contribution >= 4 is 37.7 Å². The number of fused-ring (bicyclic) bond motifs is 3. The van der Waals surface area contributed by atoms with Gasteiger partial charge >= 0.3 is 0 Å². The fourth-order valence-corrected chi connectivity index (χ4v) is 4.34. The molecule has 0 spiro atoms. The minimum atomic E-state index is -0.274. The maximum Gasteiger partial charge on any atom is 0.272 e. The molecule has 0 atom stereocenters. The molecule has 138 valence electrons. The first-order chi connectivity index (χ1) is 12.9. The van der Waals surface area contributed by atoms with E-state index in [-0.39, 0.29) is 24.6 Å². The SMILES string of the molecule is Cc1cc(C)c2c(n1)sc1c(=O)n(CC(=O)NCc3ccco3)c(C)nc12. The monoisotopic (exact) mass is 382 g/mol. The van der Waals surface area contributed by atoms with E-state index in [9.17, 15) is 9.59 Å². The van der Waals surface area contributed by atoms with Gasteiger partial charge in [0.1, 0.15) is 27.7 Å². The first-order valence-electron chi connectivity index (χ1n) is 8.51. The molecule has 8 heteroatoms. The Morgan fingerprint density at radius 2 is 2.11 bits per heavy atom. The van der Waals surface area contributed by atoms with Gasteiger partial charge in [0.2, 0.25) is 5.91 Å². The van der Waals surface area contributed by atoms with Crippen molar-refractivity contribution in [1.29, 1.82) is 0 Å². The van der Waals surface area contributed by atoms with E-state index in [2.05, 4.69) is 15.3 Å². The van der Waals surface area contributed by atoms with Gasteiger partial charge in [-0.05, 0) is 44.5 Å². The molecule has 1 amide bonds. The van der Waals surface area contributed by atoms with Crippen LogP contribution in [0.15, 0.2) is 33.7 Å². The molecule has 27 heavy (non-hydrogen) atoms. The van der Waals surface area contributed by atoms with Crippen LogP contribution in [0.5, 0.6) is 0 Å². The number of thiophene rings is 1. The molecule has 0 aliphatic heterocycles. The number of amides is 1. The lowest BCUT2D eigenvalue weighted by molar-refractivity contribution is -0.122. The van der Waals surface area contributed by atoms with Crippen molar-refractivity contribution in [3.8, 4) is 0 Å². The highest BCUT2D eigenvalue weighted by Gasteiger charge is 2.18. The molecular formula is C19H18N4O3S. The molecule has 7 nitrogen and oxygen atoms in total. The van der Waals surface area contributed by atoms with Gasteiger partial charge in [-0.1, -0.05) is 0 Å². The lowest BCUT2D eigenvalue weighted by Gasteiger charge is -2.09. The molecule has 0 saturated heterocycles. The summed E-state index contributed by atoms with van der Waals surface area (Å²) >= 11 is 1.32. The lowest BCUT2D eigenvalue weighted by atomic mass is 10.1. The van der Waals surface area contributed by atoms with Crippen LogP contribution >= 0.6 is 11.3 Å². The van der Waals surface area contributed by atoms with E-state index in [0.29, 0.717) is 21.8 Å². The highest BCUT2D eigenvalue weighted by molar-refractivity contribution is 7.25. The summed E-state index contributed by atoms with van der Waals surface area (Å²) in [6.45, 7) is 5.85. The van der Waals surface area contributed by atoms with Crippen LogP contribution in [0.25, 0.3) is 20.4 Å². The highest BCUT2D eigenvalue weighted by atomic mass is 32.1. The summed E-state index contributed by atoms with van der Waals surface area (Å²) in [7, 11) is 0. The van der Waals surface area contributed by atoms with Crippen molar-refractivity contribution in [3.63, 3.8) is 0 Å². The van der Waals surface area contributed by atoms with Gasteiger partial charge in [0.25, 0.3) is 5.56 Å². The van der Waals surface area contributed by atoms with E-state index in [1.165, 1.54) is 15.9 Å². The van der Waals surface area contributed by atoms with Crippen LogP contribution in [0.3, 0.4) is 0 Å². The van der Waals surface area contributed by atoms with E-state index < -0.39 is 0 Å². The first kappa shape index (κ1) is 17.4. The van der Waals surface area contributed by atoms with Gasteiger partial charge in [-0.3, -0.25) is 14.2 Å². The quantitative estimate of drug-likeness (QED) is 0.586. The third-order valence-corrected chi connectivity index (χ3v) is 5.47. The Kier molecular flexibility index (Phi) is 4.27. The fourth-order valence-electron chi connectivity index (χ4n) is 3.15. The smallest absolute Gasteiger partial charge is 0.272 e. The Bertz CT molecular complexity index is 1220. The Morgan fingerprint density at radius 1 is 1.30 bits per heavy atom. The standard InChI is InChI=1S/C19H18N4O3S/c1-10-7-11(2)21-18-15(10)16-17(27-18)19(25)23(12(3)22-16)9-14(24)20-8-13-5-4-6-26-13/h4-7H,8-9H2,1-3H3,(H,20,24). The fraction of sp³-hybridized carbons (Fsp3) is 0.263. The minimum Gasteiger partial charge on any atom is -0.467 e. The molecular weight excluding hydrogens is 364 g/mol. The van der Waals surface area contributed by atoms with Gasteiger partial charge in [-0.25, -0.2) is 9.97 Å². The summed E-state index contributed by atoms with van der Waals surface area (Å²) in [6.07, 6.45) is 1.55. The van der Waals surface area contributed by atoms with Crippen LogP contribution in [0.4, 0.5) is 0 Å². The van der Waals surface area contributed by atoms with E-state index in [0.717, 1.165) is 21.5 Å². The second kappa shape index (κ2) is 6.62. The topological polar surface area (TPSA) is 90.0 Å². The van der Waals surface area contributed by atoms with Crippen LogP contribution in [0.1, 0.15) is 22.8 Å². The van der Waals surface area contributed by atoms with E-state index in [1.54, 1.807) is 25.3 Å². The van der Waals surface area contributed by atoms with Crippen molar-refractivity contribution < 1.29 is 9.21 Å². The molecule has 0 aliphatic carbocycles. The number of pyridine rings is 1. The number of rotatable bonds is 4. The number of nitrogens with zero attached hydrogens (tertiary/aromatic N) is 3. The van der Waals surface area contributed by atoms with Crippen LogP contribution in [0.2, 0.25) is 0 Å². The van der Waals surface area contributed by atoms with Crippen LogP contribution in [0, 0.1) is 20.8 Å². The van der Waals surface area contributed by atoms with Gasteiger partial charge in [0.05, 0.1) is 18.3 Å². The second-order valence-electron chi connectivity index (χ2n) is 6.45. The summed E-state index contributed by atoms with van der Waals surface area (Å²) in [4.78, 5) is 35.2. The number of nitrogens with one attached hydrogen (secondary N) is 1. The van der Waals surface area contributed by atoms with Crippen molar-refractivity contribution in [3.05, 3.63) is 57.7 Å². The zero-order chi connectivity index (χ0) is 19.1. The number of carbonyl (C=O) groups excluding carboxylic acids is 1. The average Bonchev–Trinajstić information content (AvgIpc) is 3.24. The van der Waals surface area contributed by atoms with Crippen molar-refractivity contribution in [2.45, 2.75) is 33.9 Å². The molecule has 0 saturated carbocycles. The van der Waals surface area contributed by atoms with Gasteiger partial charge in [0, 0.05) is 11.1 Å². The number of aromatic nitrogens is 3. The van der Waals surface area contributed by atoms with Crippen LogP contribution < -0.4 is 10.9 Å². The number of carbonyl (C=O) groups is 1. The van der Waals surface area contributed by atoms with E-state index >= 15 is 0 Å². The molecule has 4 aromatic heterocycles. The molecule has 0 unspecified atom stereocenters. The molecule has 0 fully saturated rings. The Balaban J connectivity index is 1.71. The number of hydrogen-bond donors (Lipinski definition) is 1. The third kappa shape index (κ3) is 3.12. The second-order valence-corrected chi connectivity index (χ2v) is 7.45. The predicted molar refractivity (Wildman–Crippen MR) is 104 cm³/mol. The molecule has 4 aromatic rings. The largest absolute Gasteiger partial charge is 0.467 e. The maximum absolute atomic E-state index is 13.0. The summed E-state index contributed by atoms with van der Waals surface area (Å²) < 4.78 is 7.12. The number of aryl methyl sites for hydroxylation is 3.